The number of nitrogens with one attached hydrogen (secondary N) is 2. The number of anilines is 1. The number of benzene rings is 2. The second-order valence-corrected chi connectivity index (χ2v) is 6.24. The van der Waals surface area contributed by atoms with Crippen molar-refractivity contribution in [3.63, 3.8) is 0 Å². The van der Waals surface area contributed by atoms with Gasteiger partial charge in [-0.2, -0.15) is 0 Å². The third-order valence-electron chi connectivity index (χ3n) is 3.13. The lowest BCUT2D eigenvalue weighted by Crippen LogP contribution is -1.99. The first kappa shape index (κ1) is 13.8. The van der Waals surface area contributed by atoms with Crippen LogP contribution in [0.25, 0.3) is 10.9 Å². The second kappa shape index (κ2) is 5.68. The molecule has 20 heavy (non-hydrogen) atoms. The van der Waals surface area contributed by atoms with Crippen LogP contribution in [0.5, 0.6) is 0 Å². The van der Waals surface area contributed by atoms with Gasteiger partial charge in [-0.3, -0.25) is 0 Å². The summed E-state index contributed by atoms with van der Waals surface area (Å²) in [5, 5.41) is 5.93. The lowest BCUT2D eigenvalue weighted by atomic mass is 10.1. The van der Waals surface area contributed by atoms with Crippen LogP contribution in [-0.2, 0) is 6.54 Å². The molecule has 0 saturated carbocycles. The molecule has 5 heteroatoms. The number of rotatable bonds is 3. The summed E-state index contributed by atoms with van der Waals surface area (Å²) in [6.45, 7) is 0.697. The van der Waals surface area contributed by atoms with Gasteiger partial charge in [-0.15, -0.1) is 0 Å². The zero-order valence-corrected chi connectivity index (χ0v) is 13.5. The minimum Gasteiger partial charge on any atom is -0.380 e. The predicted octanol–water partition coefficient (Wildman–Crippen LogP) is 5.85. The fraction of sp³-hybridized carbons (Fsp3) is 0.0667. The molecule has 0 aliphatic rings. The van der Waals surface area contributed by atoms with E-state index >= 15 is 0 Å². The van der Waals surface area contributed by atoms with E-state index < -0.39 is 0 Å². The molecule has 3 aromatic rings. The summed E-state index contributed by atoms with van der Waals surface area (Å²) in [7, 11) is 0. The molecule has 3 rings (SSSR count). The summed E-state index contributed by atoms with van der Waals surface area (Å²) >= 11 is 15.6. The molecular formula is C15H11BrCl2N2. The molecule has 1 heterocycles. The lowest BCUT2D eigenvalue weighted by molar-refractivity contribution is 1.16. The first-order chi connectivity index (χ1) is 9.63. The van der Waals surface area contributed by atoms with E-state index in [9.17, 15) is 0 Å². The van der Waals surface area contributed by atoms with Gasteiger partial charge in [0, 0.05) is 33.1 Å². The molecule has 0 spiro atoms. The van der Waals surface area contributed by atoms with Gasteiger partial charge >= 0.3 is 0 Å². The van der Waals surface area contributed by atoms with Crippen molar-refractivity contribution in [3.8, 4) is 0 Å². The van der Waals surface area contributed by atoms with Gasteiger partial charge in [0.1, 0.15) is 0 Å². The molecule has 0 atom stereocenters. The van der Waals surface area contributed by atoms with Crippen molar-refractivity contribution in [3.05, 3.63) is 62.7 Å². The molecule has 2 N–H and O–H groups in total. The van der Waals surface area contributed by atoms with E-state index in [-0.39, 0.29) is 0 Å². The predicted molar refractivity (Wildman–Crippen MR) is 89.8 cm³/mol. The van der Waals surface area contributed by atoms with Gasteiger partial charge in [0.15, 0.2) is 0 Å². The van der Waals surface area contributed by atoms with Crippen LogP contribution >= 0.6 is 39.1 Å². The van der Waals surface area contributed by atoms with Crippen molar-refractivity contribution in [2.24, 2.45) is 0 Å². The first-order valence-corrected chi connectivity index (χ1v) is 7.63. The molecule has 0 bridgehead atoms. The molecule has 0 saturated heterocycles. The Labute approximate surface area is 135 Å². The number of H-pyrrole nitrogens is 1. The molecule has 0 amide bonds. The number of aromatic amines is 1. The van der Waals surface area contributed by atoms with Crippen molar-refractivity contribution in [1.82, 2.24) is 4.98 Å². The van der Waals surface area contributed by atoms with Crippen LogP contribution in [0.1, 0.15) is 5.56 Å². The molecule has 2 nitrogen and oxygen atoms in total. The summed E-state index contributed by atoms with van der Waals surface area (Å²) in [5.41, 5.74) is 3.13. The summed E-state index contributed by atoms with van der Waals surface area (Å²) in [6.07, 6.45) is 1.99. The standard InChI is InChI=1S/C15H11BrCl2N2/c16-10-1-4-14(13(18)5-10)19-7-9-8-20-15-6-11(17)2-3-12(9)15/h1-6,8,19-20H,7H2. The maximum atomic E-state index is 6.19. The summed E-state index contributed by atoms with van der Waals surface area (Å²) in [6, 6.07) is 11.6. The largest absolute Gasteiger partial charge is 0.380 e. The molecule has 0 radical (unpaired) electrons. The zero-order chi connectivity index (χ0) is 14.1. The average molecular weight is 370 g/mol. The van der Waals surface area contributed by atoms with Gasteiger partial charge in [-0.05, 0) is 35.9 Å². The van der Waals surface area contributed by atoms with Crippen molar-refractivity contribution in [1.29, 1.82) is 0 Å². The molecule has 0 aliphatic heterocycles. The first-order valence-electron chi connectivity index (χ1n) is 6.08. The van der Waals surface area contributed by atoms with E-state index in [1.54, 1.807) is 0 Å². The number of halogens is 3. The van der Waals surface area contributed by atoms with Crippen LogP contribution in [0.2, 0.25) is 10.0 Å². The highest BCUT2D eigenvalue weighted by Crippen LogP contribution is 2.27. The Kier molecular flexibility index (Phi) is 3.92. The van der Waals surface area contributed by atoms with E-state index in [2.05, 4.69) is 26.2 Å². The van der Waals surface area contributed by atoms with Gasteiger partial charge in [0.2, 0.25) is 0 Å². The Hall–Kier alpha value is -1.16. The molecule has 102 valence electrons. The van der Waals surface area contributed by atoms with Crippen molar-refractivity contribution >= 4 is 55.7 Å². The van der Waals surface area contributed by atoms with Crippen LogP contribution < -0.4 is 5.32 Å². The SMILES string of the molecule is Clc1ccc2c(CNc3ccc(Br)cc3Cl)c[nH]c2c1. The molecule has 0 fully saturated rings. The maximum Gasteiger partial charge on any atom is 0.0648 e. The van der Waals surface area contributed by atoms with Gasteiger partial charge in [0.05, 0.1) is 10.7 Å². The van der Waals surface area contributed by atoms with Crippen LogP contribution in [0.4, 0.5) is 5.69 Å². The minimum absolute atomic E-state index is 0.697. The molecule has 0 aliphatic carbocycles. The Bertz CT molecular complexity index is 768. The number of hydrogen-bond acceptors (Lipinski definition) is 1. The average Bonchev–Trinajstić information content (AvgIpc) is 2.80. The van der Waals surface area contributed by atoms with Crippen LogP contribution in [0.3, 0.4) is 0 Å². The third-order valence-corrected chi connectivity index (χ3v) is 4.17. The van der Waals surface area contributed by atoms with Crippen molar-refractivity contribution in [2.45, 2.75) is 6.54 Å². The van der Waals surface area contributed by atoms with Crippen molar-refractivity contribution < 1.29 is 0 Å². The minimum atomic E-state index is 0.697. The Morgan fingerprint density at radius 3 is 2.75 bits per heavy atom. The van der Waals surface area contributed by atoms with Crippen molar-refractivity contribution in [2.75, 3.05) is 5.32 Å². The van der Waals surface area contributed by atoms with Crippen LogP contribution in [0.15, 0.2) is 47.1 Å². The Balaban J connectivity index is 1.83. The molecule has 0 unspecified atom stereocenters. The smallest absolute Gasteiger partial charge is 0.0648 e. The maximum absolute atomic E-state index is 6.19. The molecule has 2 aromatic carbocycles. The third kappa shape index (κ3) is 2.80. The number of hydrogen-bond donors (Lipinski definition) is 2. The van der Waals surface area contributed by atoms with Crippen LogP contribution in [-0.4, -0.2) is 4.98 Å². The fourth-order valence-corrected chi connectivity index (χ4v) is 3.04. The number of fused-ring (bicyclic) bond motifs is 1. The van der Waals surface area contributed by atoms with Gasteiger partial charge in [-0.25, -0.2) is 0 Å². The fourth-order valence-electron chi connectivity index (χ4n) is 2.13. The van der Waals surface area contributed by atoms with Gasteiger partial charge in [-0.1, -0.05) is 45.2 Å². The lowest BCUT2D eigenvalue weighted by Gasteiger charge is -2.08. The highest BCUT2D eigenvalue weighted by atomic mass is 79.9. The van der Waals surface area contributed by atoms with Gasteiger partial charge < -0.3 is 10.3 Å². The summed E-state index contributed by atoms with van der Waals surface area (Å²) in [4.78, 5) is 3.22. The van der Waals surface area contributed by atoms with E-state index in [1.165, 1.54) is 5.56 Å². The topological polar surface area (TPSA) is 27.8 Å². The summed E-state index contributed by atoms with van der Waals surface area (Å²) in [5.74, 6) is 0. The molecular weight excluding hydrogens is 359 g/mol. The van der Waals surface area contributed by atoms with E-state index in [0.717, 1.165) is 26.1 Å². The van der Waals surface area contributed by atoms with E-state index in [0.29, 0.717) is 11.6 Å². The van der Waals surface area contributed by atoms with E-state index in [1.807, 2.05) is 42.6 Å². The highest BCUT2D eigenvalue weighted by molar-refractivity contribution is 9.10. The zero-order valence-electron chi connectivity index (χ0n) is 10.4. The second-order valence-electron chi connectivity index (χ2n) is 4.48. The Morgan fingerprint density at radius 2 is 1.95 bits per heavy atom. The normalized spacial score (nSPS) is 10.9. The monoisotopic (exact) mass is 368 g/mol. The van der Waals surface area contributed by atoms with Gasteiger partial charge in [0.25, 0.3) is 0 Å². The quantitative estimate of drug-likeness (QED) is 0.595. The molecule has 1 aromatic heterocycles. The van der Waals surface area contributed by atoms with Crippen LogP contribution in [0, 0.1) is 0 Å². The number of aromatic nitrogens is 1. The highest BCUT2D eigenvalue weighted by Gasteiger charge is 2.05. The Morgan fingerprint density at radius 1 is 1.10 bits per heavy atom. The van der Waals surface area contributed by atoms with E-state index in [4.69, 9.17) is 23.2 Å². The summed E-state index contributed by atoms with van der Waals surface area (Å²) < 4.78 is 0.967.